The number of cyclic esters (lactones) is 1. The van der Waals surface area contributed by atoms with Gasteiger partial charge in [-0.05, 0) is 28.8 Å². The lowest BCUT2D eigenvalue weighted by Gasteiger charge is -2.24. The van der Waals surface area contributed by atoms with E-state index in [9.17, 15) is 9.59 Å². The summed E-state index contributed by atoms with van der Waals surface area (Å²) in [6.07, 6.45) is -1.03. The van der Waals surface area contributed by atoms with Gasteiger partial charge in [-0.1, -0.05) is 103 Å². The summed E-state index contributed by atoms with van der Waals surface area (Å²) in [5, 5.41) is 0. The van der Waals surface area contributed by atoms with Gasteiger partial charge in [-0.15, -0.1) is 0 Å². The highest BCUT2D eigenvalue weighted by Crippen LogP contribution is 2.39. The minimum Gasteiger partial charge on any atom is -0.489 e. The van der Waals surface area contributed by atoms with E-state index >= 15 is 0 Å². The van der Waals surface area contributed by atoms with Gasteiger partial charge in [0, 0.05) is 12.0 Å². The van der Waals surface area contributed by atoms with Crippen molar-refractivity contribution in [1.29, 1.82) is 0 Å². The monoisotopic (exact) mass is 508 g/mol. The molecule has 1 saturated heterocycles. The van der Waals surface area contributed by atoms with Gasteiger partial charge in [0.25, 0.3) is 0 Å². The third kappa shape index (κ3) is 6.28. The highest BCUT2D eigenvalue weighted by Gasteiger charge is 2.52. The molecule has 38 heavy (non-hydrogen) atoms. The van der Waals surface area contributed by atoms with Crippen molar-refractivity contribution in [2.45, 2.75) is 37.9 Å². The molecule has 6 heteroatoms. The topological polar surface area (TPSA) is 71.1 Å². The van der Waals surface area contributed by atoms with Crippen molar-refractivity contribution in [2.75, 3.05) is 0 Å². The highest BCUT2D eigenvalue weighted by molar-refractivity contribution is 5.87. The second kappa shape index (κ2) is 11.8. The Morgan fingerprint density at radius 2 is 1.29 bits per heavy atom. The van der Waals surface area contributed by atoms with Crippen LogP contribution in [0.4, 0.5) is 0 Å². The maximum Gasteiger partial charge on any atom is 0.342 e. The van der Waals surface area contributed by atoms with Gasteiger partial charge in [0.15, 0.2) is 5.60 Å². The number of hydrogen-bond donors (Lipinski definition) is 0. The maximum absolute atomic E-state index is 13.2. The largest absolute Gasteiger partial charge is 0.489 e. The molecule has 0 radical (unpaired) electrons. The zero-order valence-electron chi connectivity index (χ0n) is 20.8. The van der Waals surface area contributed by atoms with E-state index in [0.717, 1.165) is 16.7 Å². The molecular weight excluding hydrogens is 480 g/mol. The van der Waals surface area contributed by atoms with Crippen LogP contribution in [0.2, 0.25) is 0 Å². The summed E-state index contributed by atoms with van der Waals surface area (Å²) in [6.45, 7) is 0.561. The first-order valence-electron chi connectivity index (χ1n) is 12.5. The number of benzene rings is 4. The maximum atomic E-state index is 13.2. The van der Waals surface area contributed by atoms with E-state index < -0.39 is 23.8 Å². The van der Waals surface area contributed by atoms with E-state index in [1.54, 1.807) is 0 Å². The lowest BCUT2D eigenvalue weighted by atomic mass is 9.91. The van der Waals surface area contributed by atoms with Gasteiger partial charge < -0.3 is 18.9 Å². The second-order valence-corrected chi connectivity index (χ2v) is 9.18. The van der Waals surface area contributed by atoms with Crippen molar-refractivity contribution in [3.05, 3.63) is 138 Å². The molecule has 4 aromatic carbocycles. The van der Waals surface area contributed by atoms with Crippen LogP contribution < -0.4 is 4.74 Å². The Balaban J connectivity index is 1.30. The molecule has 0 aliphatic carbocycles. The number of carbonyl (C=O) groups is 2. The number of ether oxygens (including phenoxy) is 4. The van der Waals surface area contributed by atoms with Crippen LogP contribution in [0, 0.1) is 0 Å². The zero-order valence-corrected chi connectivity index (χ0v) is 20.8. The van der Waals surface area contributed by atoms with Gasteiger partial charge in [-0.25, -0.2) is 4.79 Å². The fourth-order valence-electron chi connectivity index (χ4n) is 4.31. The van der Waals surface area contributed by atoms with Crippen LogP contribution in [-0.2, 0) is 43.4 Å². The molecule has 0 aromatic heterocycles. The Morgan fingerprint density at radius 1 is 0.711 bits per heavy atom. The van der Waals surface area contributed by atoms with E-state index in [2.05, 4.69) is 0 Å². The van der Waals surface area contributed by atoms with Gasteiger partial charge >= 0.3 is 11.9 Å². The van der Waals surface area contributed by atoms with Crippen molar-refractivity contribution in [3.63, 3.8) is 0 Å². The summed E-state index contributed by atoms with van der Waals surface area (Å²) in [4.78, 5) is 26.1. The second-order valence-electron chi connectivity index (χ2n) is 9.18. The lowest BCUT2D eigenvalue weighted by molar-refractivity contribution is -0.157. The fourth-order valence-corrected chi connectivity index (χ4v) is 4.31. The Morgan fingerprint density at radius 3 is 1.92 bits per heavy atom. The normalized spacial score (nSPS) is 18.5. The SMILES string of the molecule is O=C(C[C@@]1(Cc2ccc(OCc3ccccc3)cc2)O[C@H](c2ccccc2)OC1=O)OCc1ccccc1. The van der Waals surface area contributed by atoms with Crippen LogP contribution >= 0.6 is 0 Å². The van der Waals surface area contributed by atoms with Crippen LogP contribution in [0.15, 0.2) is 115 Å². The highest BCUT2D eigenvalue weighted by atomic mass is 16.8. The predicted molar refractivity (Wildman–Crippen MR) is 141 cm³/mol. The van der Waals surface area contributed by atoms with Crippen molar-refractivity contribution in [1.82, 2.24) is 0 Å². The summed E-state index contributed by atoms with van der Waals surface area (Å²) in [6, 6.07) is 35.9. The van der Waals surface area contributed by atoms with Gasteiger partial charge in [-0.3, -0.25) is 4.79 Å². The molecule has 1 aliphatic heterocycles. The molecule has 0 N–H and O–H groups in total. The third-order valence-electron chi connectivity index (χ3n) is 6.32. The van der Waals surface area contributed by atoms with Crippen molar-refractivity contribution in [2.24, 2.45) is 0 Å². The van der Waals surface area contributed by atoms with Gasteiger partial charge in [0.2, 0.25) is 6.29 Å². The van der Waals surface area contributed by atoms with E-state index in [4.69, 9.17) is 18.9 Å². The molecule has 0 spiro atoms. The summed E-state index contributed by atoms with van der Waals surface area (Å²) in [5.41, 5.74) is 1.92. The van der Waals surface area contributed by atoms with Crippen LogP contribution in [-0.4, -0.2) is 17.5 Å². The molecule has 0 amide bonds. The number of carbonyl (C=O) groups excluding carboxylic acids is 2. The van der Waals surface area contributed by atoms with Crippen LogP contribution in [0.3, 0.4) is 0 Å². The first-order chi connectivity index (χ1) is 18.6. The standard InChI is InChI=1S/C32H28O6/c33-29(36-23-26-12-6-2-7-13-26)21-32(31(34)37-30(38-32)27-14-8-3-9-15-27)20-24-16-18-28(19-17-24)35-22-25-10-4-1-5-11-25/h1-19,30H,20-23H2/t30-,32-/m1/s1. The van der Waals surface area contributed by atoms with Crippen molar-refractivity contribution < 1.29 is 28.5 Å². The van der Waals surface area contributed by atoms with E-state index in [-0.39, 0.29) is 19.4 Å². The van der Waals surface area contributed by atoms with Gasteiger partial charge in [0.05, 0.1) is 6.42 Å². The molecule has 0 unspecified atom stereocenters. The molecule has 0 saturated carbocycles. The van der Waals surface area contributed by atoms with Crippen LogP contribution in [0.5, 0.6) is 5.75 Å². The summed E-state index contributed by atoms with van der Waals surface area (Å²) >= 11 is 0. The van der Waals surface area contributed by atoms with Gasteiger partial charge in [-0.2, -0.15) is 0 Å². The van der Waals surface area contributed by atoms with Crippen molar-refractivity contribution >= 4 is 11.9 Å². The van der Waals surface area contributed by atoms with Gasteiger partial charge in [0.1, 0.15) is 19.0 Å². The Hall–Kier alpha value is -4.42. The average molecular weight is 509 g/mol. The van der Waals surface area contributed by atoms with Crippen molar-refractivity contribution in [3.8, 4) is 5.75 Å². The van der Waals surface area contributed by atoms with E-state index in [1.807, 2.05) is 115 Å². The smallest absolute Gasteiger partial charge is 0.342 e. The van der Waals surface area contributed by atoms with E-state index in [0.29, 0.717) is 17.9 Å². The molecule has 2 atom stereocenters. The molecule has 1 aliphatic rings. The minimum atomic E-state index is -1.51. The number of rotatable bonds is 10. The Labute approximate surface area is 221 Å². The first kappa shape index (κ1) is 25.2. The Kier molecular flexibility index (Phi) is 7.81. The van der Waals surface area contributed by atoms with Crippen LogP contribution in [0.25, 0.3) is 0 Å². The summed E-state index contributed by atoms with van der Waals surface area (Å²) in [7, 11) is 0. The molecule has 192 valence electrons. The zero-order chi connectivity index (χ0) is 26.2. The first-order valence-corrected chi connectivity index (χ1v) is 12.5. The molecule has 1 heterocycles. The molecule has 4 aromatic rings. The molecule has 1 fully saturated rings. The third-order valence-corrected chi connectivity index (χ3v) is 6.32. The fraction of sp³-hybridized carbons (Fsp3) is 0.188. The summed E-state index contributed by atoms with van der Waals surface area (Å²) in [5.74, 6) is -0.430. The number of hydrogen-bond acceptors (Lipinski definition) is 6. The average Bonchev–Trinajstić information content (AvgIpc) is 3.28. The number of esters is 2. The molecule has 0 bridgehead atoms. The molecule has 5 rings (SSSR count). The molecule has 6 nitrogen and oxygen atoms in total. The predicted octanol–water partition coefficient (Wildman–Crippen LogP) is 5.95. The molecular formula is C32H28O6. The quantitative estimate of drug-likeness (QED) is 0.247. The Bertz CT molecular complexity index is 1340. The summed E-state index contributed by atoms with van der Waals surface area (Å²) < 4.78 is 23.2. The van der Waals surface area contributed by atoms with E-state index in [1.165, 1.54) is 0 Å². The van der Waals surface area contributed by atoms with Crippen LogP contribution in [0.1, 0.15) is 35.0 Å². The minimum absolute atomic E-state index is 0.111. The lowest BCUT2D eigenvalue weighted by Crippen LogP contribution is -2.41.